The number of carbonyl (C=O) groups excluding carboxylic acids is 2. The molecule has 0 aliphatic carbocycles. The van der Waals surface area contributed by atoms with Crippen LogP contribution in [-0.4, -0.2) is 66.3 Å². The average molecular weight is 306 g/mol. The Balaban J connectivity index is 2.00. The molecule has 118 valence electrons. The third-order valence-electron chi connectivity index (χ3n) is 3.49. The van der Waals surface area contributed by atoms with Gasteiger partial charge in [-0.3, -0.25) is 19.7 Å². The van der Waals surface area contributed by atoms with Crippen molar-refractivity contribution >= 4 is 17.5 Å². The summed E-state index contributed by atoms with van der Waals surface area (Å²) >= 11 is 0. The van der Waals surface area contributed by atoms with E-state index in [0.717, 1.165) is 13.1 Å². The van der Waals surface area contributed by atoms with Crippen LogP contribution in [0, 0.1) is 10.1 Å². The molecule has 22 heavy (non-hydrogen) atoms. The number of likely N-dealkylation sites (N-methyl/N-ethyl adjacent to an activating group) is 1. The predicted octanol–water partition coefficient (Wildman–Crippen LogP) is 0.0986. The van der Waals surface area contributed by atoms with Gasteiger partial charge < -0.3 is 15.1 Å². The fourth-order valence-electron chi connectivity index (χ4n) is 2.26. The normalized spacial score (nSPS) is 14.5. The lowest BCUT2D eigenvalue weighted by atomic mass is 10.2. The third kappa shape index (κ3) is 3.79. The number of carbonyl (C=O) groups is 2. The van der Waals surface area contributed by atoms with Crippen LogP contribution in [0.15, 0.2) is 24.3 Å². The van der Waals surface area contributed by atoms with Gasteiger partial charge in [0.2, 0.25) is 5.91 Å². The van der Waals surface area contributed by atoms with Crippen LogP contribution in [-0.2, 0) is 4.79 Å². The Kier molecular flexibility index (Phi) is 5.05. The second-order valence-corrected chi connectivity index (χ2v) is 5.10. The van der Waals surface area contributed by atoms with Gasteiger partial charge in [0, 0.05) is 50.9 Å². The van der Waals surface area contributed by atoms with Crippen molar-refractivity contribution in [3.05, 3.63) is 39.9 Å². The highest BCUT2D eigenvalue weighted by Gasteiger charge is 2.21. The molecular formula is C14H18N4O4. The number of hydrogen-bond donors (Lipinski definition) is 1. The molecule has 1 aliphatic rings. The van der Waals surface area contributed by atoms with Crippen molar-refractivity contribution in [2.75, 3.05) is 39.8 Å². The predicted molar refractivity (Wildman–Crippen MR) is 79.5 cm³/mol. The summed E-state index contributed by atoms with van der Waals surface area (Å²) in [4.78, 5) is 37.5. The van der Waals surface area contributed by atoms with Crippen LogP contribution in [0.1, 0.15) is 10.4 Å². The van der Waals surface area contributed by atoms with E-state index < -0.39 is 10.8 Å². The van der Waals surface area contributed by atoms with Gasteiger partial charge in [0.25, 0.3) is 11.6 Å². The molecule has 0 bridgehead atoms. The molecule has 0 saturated carbocycles. The minimum Gasteiger partial charge on any atom is -0.339 e. The molecule has 1 aromatic carbocycles. The minimum absolute atomic E-state index is 0.0402. The highest BCUT2D eigenvalue weighted by molar-refractivity contribution is 5.96. The molecule has 2 rings (SSSR count). The van der Waals surface area contributed by atoms with Gasteiger partial charge in [0.1, 0.15) is 0 Å². The van der Waals surface area contributed by atoms with E-state index in [9.17, 15) is 19.7 Å². The first kappa shape index (κ1) is 15.9. The van der Waals surface area contributed by atoms with Gasteiger partial charge in [0.15, 0.2) is 0 Å². The maximum Gasteiger partial charge on any atom is 0.270 e. The number of hydrogen-bond acceptors (Lipinski definition) is 5. The van der Waals surface area contributed by atoms with E-state index in [1.165, 1.54) is 36.2 Å². The van der Waals surface area contributed by atoms with Crippen molar-refractivity contribution in [2.24, 2.45) is 0 Å². The van der Waals surface area contributed by atoms with Crippen LogP contribution < -0.4 is 5.32 Å². The monoisotopic (exact) mass is 306 g/mol. The van der Waals surface area contributed by atoms with Crippen molar-refractivity contribution in [3.63, 3.8) is 0 Å². The summed E-state index contributed by atoms with van der Waals surface area (Å²) in [5, 5.41) is 13.9. The van der Waals surface area contributed by atoms with E-state index >= 15 is 0 Å². The fourth-order valence-corrected chi connectivity index (χ4v) is 2.26. The molecular weight excluding hydrogens is 288 g/mol. The zero-order valence-corrected chi connectivity index (χ0v) is 12.3. The van der Waals surface area contributed by atoms with E-state index in [0.29, 0.717) is 13.1 Å². The molecule has 1 N–H and O–H groups in total. The van der Waals surface area contributed by atoms with Gasteiger partial charge in [-0.1, -0.05) is 6.07 Å². The molecule has 8 nitrogen and oxygen atoms in total. The van der Waals surface area contributed by atoms with Crippen molar-refractivity contribution < 1.29 is 14.5 Å². The number of nitrogens with zero attached hydrogens (tertiary/aromatic N) is 3. The molecule has 0 unspecified atom stereocenters. The first-order valence-corrected chi connectivity index (χ1v) is 6.97. The van der Waals surface area contributed by atoms with Crippen molar-refractivity contribution in [3.8, 4) is 0 Å². The van der Waals surface area contributed by atoms with E-state index in [1.54, 1.807) is 4.90 Å². The molecule has 1 saturated heterocycles. The Labute approximate surface area is 127 Å². The Morgan fingerprint density at radius 3 is 2.68 bits per heavy atom. The SMILES string of the molecule is CN(CC(=O)N1CCNCC1)C(=O)c1cccc([N+](=O)[O-])c1. The van der Waals surface area contributed by atoms with Gasteiger partial charge in [-0.25, -0.2) is 0 Å². The number of nitro groups is 1. The van der Waals surface area contributed by atoms with Crippen LogP contribution in [0.4, 0.5) is 5.69 Å². The largest absolute Gasteiger partial charge is 0.339 e. The van der Waals surface area contributed by atoms with Crippen LogP contribution in [0.2, 0.25) is 0 Å². The summed E-state index contributed by atoms with van der Waals surface area (Å²) in [6, 6.07) is 5.50. The molecule has 0 radical (unpaired) electrons. The number of nitro benzene ring substituents is 1. The van der Waals surface area contributed by atoms with Crippen LogP contribution in [0.3, 0.4) is 0 Å². The molecule has 1 aromatic rings. The summed E-state index contributed by atoms with van der Waals surface area (Å²) in [5.74, 6) is -0.532. The van der Waals surface area contributed by atoms with Gasteiger partial charge in [-0.15, -0.1) is 0 Å². The fraction of sp³-hybridized carbons (Fsp3) is 0.429. The number of piperazine rings is 1. The van der Waals surface area contributed by atoms with Gasteiger partial charge in [-0.2, -0.15) is 0 Å². The molecule has 1 aliphatic heterocycles. The second kappa shape index (κ2) is 6.99. The smallest absolute Gasteiger partial charge is 0.270 e. The van der Waals surface area contributed by atoms with E-state index in [1.807, 2.05) is 0 Å². The Hall–Kier alpha value is -2.48. The summed E-state index contributed by atoms with van der Waals surface area (Å²) in [6.45, 7) is 2.69. The van der Waals surface area contributed by atoms with E-state index in [2.05, 4.69) is 5.32 Å². The van der Waals surface area contributed by atoms with Crippen LogP contribution in [0.5, 0.6) is 0 Å². The summed E-state index contributed by atoms with van der Waals surface area (Å²) in [6.07, 6.45) is 0. The van der Waals surface area contributed by atoms with Gasteiger partial charge in [-0.05, 0) is 6.07 Å². The Morgan fingerprint density at radius 2 is 2.05 bits per heavy atom. The summed E-state index contributed by atoms with van der Waals surface area (Å²) < 4.78 is 0. The van der Waals surface area contributed by atoms with Crippen LogP contribution in [0.25, 0.3) is 0 Å². The number of non-ortho nitro benzene ring substituents is 1. The molecule has 0 spiro atoms. The standard InChI is InChI=1S/C14H18N4O4/c1-16(10-13(19)17-7-5-15-6-8-17)14(20)11-3-2-4-12(9-11)18(21)22/h2-4,9,15H,5-8,10H2,1H3. The molecule has 1 fully saturated rings. The molecule has 8 heteroatoms. The number of nitrogens with one attached hydrogen (secondary N) is 1. The van der Waals surface area contributed by atoms with E-state index in [-0.39, 0.29) is 23.7 Å². The molecule has 0 aromatic heterocycles. The third-order valence-corrected chi connectivity index (χ3v) is 3.49. The first-order valence-electron chi connectivity index (χ1n) is 6.97. The zero-order chi connectivity index (χ0) is 16.1. The molecule has 1 heterocycles. The molecule has 2 amide bonds. The van der Waals surface area contributed by atoms with Crippen LogP contribution >= 0.6 is 0 Å². The van der Waals surface area contributed by atoms with Crippen molar-refractivity contribution in [2.45, 2.75) is 0 Å². The first-order chi connectivity index (χ1) is 10.5. The van der Waals surface area contributed by atoms with Gasteiger partial charge in [0.05, 0.1) is 11.5 Å². The zero-order valence-electron chi connectivity index (χ0n) is 12.3. The quantitative estimate of drug-likeness (QED) is 0.628. The maximum atomic E-state index is 12.3. The van der Waals surface area contributed by atoms with E-state index in [4.69, 9.17) is 0 Å². The van der Waals surface area contributed by atoms with Crippen molar-refractivity contribution in [1.82, 2.24) is 15.1 Å². The summed E-state index contributed by atoms with van der Waals surface area (Å²) in [7, 11) is 1.52. The Morgan fingerprint density at radius 1 is 1.36 bits per heavy atom. The number of benzene rings is 1. The lowest BCUT2D eigenvalue weighted by Gasteiger charge is -2.29. The highest BCUT2D eigenvalue weighted by atomic mass is 16.6. The number of rotatable bonds is 4. The average Bonchev–Trinajstić information content (AvgIpc) is 2.54. The number of amides is 2. The maximum absolute atomic E-state index is 12.3. The molecule has 0 atom stereocenters. The summed E-state index contributed by atoms with van der Waals surface area (Å²) in [5.41, 5.74) is 0.0532. The van der Waals surface area contributed by atoms with Gasteiger partial charge >= 0.3 is 0 Å². The second-order valence-electron chi connectivity index (χ2n) is 5.10. The Bertz CT molecular complexity index is 584. The lowest BCUT2D eigenvalue weighted by Crippen LogP contribution is -2.49. The minimum atomic E-state index is -0.553. The highest BCUT2D eigenvalue weighted by Crippen LogP contribution is 2.14. The lowest BCUT2D eigenvalue weighted by molar-refractivity contribution is -0.384. The topological polar surface area (TPSA) is 95.8 Å². The van der Waals surface area contributed by atoms with Crippen molar-refractivity contribution in [1.29, 1.82) is 0 Å².